The van der Waals surface area contributed by atoms with Gasteiger partial charge in [0.25, 0.3) is 0 Å². The second kappa shape index (κ2) is 7.62. The van der Waals surface area contributed by atoms with Gasteiger partial charge in [0.05, 0.1) is 0 Å². The van der Waals surface area contributed by atoms with Gasteiger partial charge in [0.1, 0.15) is 0 Å². The molecule has 1 aliphatic heterocycles. The summed E-state index contributed by atoms with van der Waals surface area (Å²) in [5, 5.41) is 3.89. The third-order valence-corrected chi connectivity index (χ3v) is 4.20. The number of nitrogens with one attached hydrogen (secondary N) is 1. The first-order valence-corrected chi connectivity index (χ1v) is 7.87. The van der Waals surface area contributed by atoms with Crippen LogP contribution in [0.2, 0.25) is 5.02 Å². The molecular formula is C17H23ClN2O. The Kier molecular flexibility index (Phi) is 5.83. The topological polar surface area (TPSA) is 32.3 Å². The molecule has 1 atom stereocenters. The summed E-state index contributed by atoms with van der Waals surface area (Å²) in [5.74, 6) is 0.0517. The molecule has 0 saturated carbocycles. The minimum Gasteiger partial charge on any atom is -0.348 e. The average Bonchev–Trinajstić information content (AvgIpc) is 2.49. The Morgan fingerprint density at radius 2 is 2.14 bits per heavy atom. The Bertz CT molecular complexity index is 510. The summed E-state index contributed by atoms with van der Waals surface area (Å²) in [4.78, 5) is 14.3. The minimum absolute atomic E-state index is 0.0517. The summed E-state index contributed by atoms with van der Waals surface area (Å²) in [5.41, 5.74) is 2.04. The molecule has 1 fully saturated rings. The molecule has 4 heteroatoms. The third-order valence-electron chi connectivity index (χ3n) is 3.95. The molecule has 1 saturated heterocycles. The highest BCUT2D eigenvalue weighted by Gasteiger charge is 2.21. The lowest BCUT2D eigenvalue weighted by molar-refractivity contribution is -0.118. The van der Waals surface area contributed by atoms with Crippen molar-refractivity contribution in [1.29, 1.82) is 0 Å². The van der Waals surface area contributed by atoms with Crippen LogP contribution in [-0.2, 0) is 11.3 Å². The second-order valence-corrected chi connectivity index (χ2v) is 6.08. The molecule has 21 heavy (non-hydrogen) atoms. The van der Waals surface area contributed by atoms with Crippen molar-refractivity contribution in [2.24, 2.45) is 0 Å². The number of likely N-dealkylation sites (tertiary alicyclic amines) is 1. The number of carbonyl (C=O) groups excluding carboxylic acids is 1. The fourth-order valence-electron chi connectivity index (χ4n) is 2.60. The van der Waals surface area contributed by atoms with Crippen molar-refractivity contribution < 1.29 is 4.79 Å². The van der Waals surface area contributed by atoms with Crippen LogP contribution < -0.4 is 5.32 Å². The Hall–Kier alpha value is -1.32. The van der Waals surface area contributed by atoms with E-state index in [1.165, 1.54) is 5.56 Å². The van der Waals surface area contributed by atoms with Crippen LogP contribution >= 0.6 is 11.6 Å². The molecule has 0 aliphatic carbocycles. The smallest absolute Gasteiger partial charge is 0.246 e. The molecule has 1 heterocycles. The first kappa shape index (κ1) is 16.1. The molecule has 1 aliphatic rings. The number of hydrogen-bond donors (Lipinski definition) is 1. The van der Waals surface area contributed by atoms with Gasteiger partial charge in [-0.1, -0.05) is 29.8 Å². The fourth-order valence-corrected chi connectivity index (χ4v) is 2.72. The van der Waals surface area contributed by atoms with Gasteiger partial charge in [-0.15, -0.1) is 0 Å². The van der Waals surface area contributed by atoms with Crippen molar-refractivity contribution >= 4 is 17.5 Å². The van der Waals surface area contributed by atoms with Gasteiger partial charge in [-0.25, -0.2) is 0 Å². The first-order chi connectivity index (χ1) is 10.1. The van der Waals surface area contributed by atoms with E-state index in [4.69, 9.17) is 11.6 Å². The first-order valence-electron chi connectivity index (χ1n) is 7.49. The van der Waals surface area contributed by atoms with E-state index < -0.39 is 0 Å². The number of allylic oxidation sites excluding steroid dienone is 1. The summed E-state index contributed by atoms with van der Waals surface area (Å²) in [6.07, 6.45) is 4.02. The molecule has 2 rings (SSSR count). The number of piperidine rings is 1. The van der Waals surface area contributed by atoms with Gasteiger partial charge in [0.2, 0.25) is 5.91 Å². The van der Waals surface area contributed by atoms with Crippen LogP contribution in [0.1, 0.15) is 32.3 Å². The van der Waals surface area contributed by atoms with E-state index in [0.29, 0.717) is 0 Å². The zero-order valence-electron chi connectivity index (χ0n) is 12.7. The largest absolute Gasteiger partial charge is 0.348 e. The van der Waals surface area contributed by atoms with E-state index in [1.807, 2.05) is 32.1 Å². The van der Waals surface area contributed by atoms with Crippen molar-refractivity contribution in [3.63, 3.8) is 0 Å². The molecular weight excluding hydrogens is 284 g/mol. The molecule has 1 aromatic rings. The van der Waals surface area contributed by atoms with Crippen molar-refractivity contribution in [3.05, 3.63) is 46.5 Å². The number of benzene rings is 1. The average molecular weight is 307 g/mol. The Morgan fingerprint density at radius 1 is 1.43 bits per heavy atom. The van der Waals surface area contributed by atoms with Crippen molar-refractivity contribution in [2.45, 2.75) is 39.3 Å². The number of carbonyl (C=O) groups is 1. The number of hydrogen-bond acceptors (Lipinski definition) is 2. The summed E-state index contributed by atoms with van der Waals surface area (Å²) in [7, 11) is 0. The molecule has 3 nitrogen and oxygen atoms in total. The zero-order valence-corrected chi connectivity index (χ0v) is 13.5. The van der Waals surface area contributed by atoms with Crippen LogP contribution in [0.5, 0.6) is 0 Å². The Balaban J connectivity index is 1.88. The van der Waals surface area contributed by atoms with E-state index in [9.17, 15) is 4.79 Å². The molecule has 1 amide bonds. The standard InChI is InChI=1S/C17H23ClN2O/c1-3-13(2)17(21)19-16-5-4-10-20(12-16)11-14-6-8-15(18)9-7-14/h3,6-9,16H,4-5,10-12H2,1-2H3,(H,19,21)/b13-3+/t16-/m0/s1. The van der Waals surface area contributed by atoms with E-state index in [-0.39, 0.29) is 11.9 Å². The molecule has 1 N–H and O–H groups in total. The van der Waals surface area contributed by atoms with Crippen LogP contribution in [0.25, 0.3) is 0 Å². The molecule has 0 unspecified atom stereocenters. The SMILES string of the molecule is C/C=C(\C)C(=O)N[C@H]1CCCN(Cc2ccc(Cl)cc2)C1. The second-order valence-electron chi connectivity index (χ2n) is 5.65. The van der Waals surface area contributed by atoms with Crippen LogP contribution in [0, 0.1) is 0 Å². The molecule has 0 aromatic heterocycles. The predicted octanol–water partition coefficient (Wildman–Crippen LogP) is 3.39. The molecule has 0 radical (unpaired) electrons. The third kappa shape index (κ3) is 4.87. The Morgan fingerprint density at radius 3 is 2.81 bits per heavy atom. The molecule has 1 aromatic carbocycles. The summed E-state index contributed by atoms with van der Waals surface area (Å²) >= 11 is 5.91. The molecule has 0 spiro atoms. The maximum absolute atomic E-state index is 11.9. The lowest BCUT2D eigenvalue weighted by atomic mass is 10.0. The van der Waals surface area contributed by atoms with E-state index in [2.05, 4.69) is 22.3 Å². The number of amides is 1. The van der Waals surface area contributed by atoms with E-state index in [0.717, 1.165) is 43.1 Å². The predicted molar refractivity (Wildman–Crippen MR) is 87.3 cm³/mol. The van der Waals surface area contributed by atoms with Gasteiger partial charge in [0, 0.05) is 29.7 Å². The molecule has 114 valence electrons. The van der Waals surface area contributed by atoms with Crippen molar-refractivity contribution in [3.8, 4) is 0 Å². The highest BCUT2D eigenvalue weighted by atomic mass is 35.5. The zero-order chi connectivity index (χ0) is 15.2. The highest BCUT2D eigenvalue weighted by Crippen LogP contribution is 2.16. The van der Waals surface area contributed by atoms with E-state index >= 15 is 0 Å². The van der Waals surface area contributed by atoms with Gasteiger partial charge >= 0.3 is 0 Å². The Labute approximate surface area is 132 Å². The highest BCUT2D eigenvalue weighted by molar-refractivity contribution is 6.30. The maximum atomic E-state index is 11.9. The van der Waals surface area contributed by atoms with Crippen LogP contribution in [-0.4, -0.2) is 29.9 Å². The van der Waals surface area contributed by atoms with Crippen LogP contribution in [0.4, 0.5) is 0 Å². The van der Waals surface area contributed by atoms with E-state index in [1.54, 1.807) is 0 Å². The lowest BCUT2D eigenvalue weighted by Crippen LogP contribution is -2.47. The van der Waals surface area contributed by atoms with Crippen molar-refractivity contribution in [2.75, 3.05) is 13.1 Å². The minimum atomic E-state index is 0.0517. The number of halogens is 1. The normalized spacial score (nSPS) is 20.3. The van der Waals surface area contributed by atoms with Gasteiger partial charge in [0.15, 0.2) is 0 Å². The quantitative estimate of drug-likeness (QED) is 0.865. The summed E-state index contributed by atoms with van der Waals surface area (Å²) in [6, 6.07) is 8.22. The monoisotopic (exact) mass is 306 g/mol. The summed E-state index contributed by atoms with van der Waals surface area (Å²) < 4.78 is 0. The number of rotatable bonds is 4. The number of nitrogens with zero attached hydrogens (tertiary/aromatic N) is 1. The van der Waals surface area contributed by atoms with Gasteiger partial charge in [-0.2, -0.15) is 0 Å². The lowest BCUT2D eigenvalue weighted by Gasteiger charge is -2.33. The van der Waals surface area contributed by atoms with Crippen LogP contribution in [0.15, 0.2) is 35.9 Å². The van der Waals surface area contributed by atoms with Crippen LogP contribution in [0.3, 0.4) is 0 Å². The van der Waals surface area contributed by atoms with Gasteiger partial charge in [-0.05, 0) is 50.9 Å². The van der Waals surface area contributed by atoms with Gasteiger partial charge < -0.3 is 5.32 Å². The summed E-state index contributed by atoms with van der Waals surface area (Å²) in [6.45, 7) is 6.64. The van der Waals surface area contributed by atoms with Gasteiger partial charge in [-0.3, -0.25) is 9.69 Å². The molecule has 0 bridgehead atoms. The fraction of sp³-hybridized carbons (Fsp3) is 0.471. The van der Waals surface area contributed by atoms with Crippen molar-refractivity contribution in [1.82, 2.24) is 10.2 Å². The maximum Gasteiger partial charge on any atom is 0.246 e.